The fourth-order valence-electron chi connectivity index (χ4n) is 5.34. The van der Waals surface area contributed by atoms with E-state index in [0.29, 0.717) is 34.7 Å². The third-order valence-corrected chi connectivity index (χ3v) is 8.94. The highest BCUT2D eigenvalue weighted by Gasteiger charge is 2.40. The van der Waals surface area contributed by atoms with Crippen LogP contribution in [0.15, 0.2) is 0 Å². The molecule has 6 unspecified atom stereocenters. The molecule has 0 bridgehead atoms. The molecule has 7 heteroatoms. The van der Waals surface area contributed by atoms with E-state index in [9.17, 15) is 4.79 Å². The number of carbonyl (C=O) groups is 1. The second-order valence-corrected chi connectivity index (χ2v) is 11.2. The molecule has 2 heterocycles. The second kappa shape index (κ2) is 9.21. The predicted octanol–water partition coefficient (Wildman–Crippen LogP) is 2.23. The van der Waals surface area contributed by atoms with E-state index >= 15 is 0 Å². The molecule has 2 saturated heterocycles. The standard InChI is InChI=1S/C21H39N5OS/c1-13-7-10-18(24-19(13)15-8-9-15)20(27)23-17-6-4-5-16(11-17)14(2)28-21-25-22-12-26(21)3/h13-19,21-22,24-25H,4-12H2,1-3H3,(H,23,27)/t13?,14-,16?,17?,18?,19?,21?/m0/s1. The molecule has 160 valence electrons. The van der Waals surface area contributed by atoms with Gasteiger partial charge in [-0.05, 0) is 69.7 Å². The van der Waals surface area contributed by atoms with Crippen molar-refractivity contribution in [2.45, 2.75) is 94.1 Å². The number of hydrogen-bond donors (Lipinski definition) is 4. The molecule has 1 amide bonds. The summed E-state index contributed by atoms with van der Waals surface area (Å²) in [5, 5.41) is 7.72. The van der Waals surface area contributed by atoms with Crippen molar-refractivity contribution in [3.05, 3.63) is 0 Å². The smallest absolute Gasteiger partial charge is 0.237 e. The van der Waals surface area contributed by atoms with Gasteiger partial charge in [-0.15, -0.1) is 11.8 Å². The molecular weight excluding hydrogens is 370 g/mol. The first-order chi connectivity index (χ1) is 13.5. The highest BCUT2D eigenvalue weighted by molar-refractivity contribution is 8.00. The van der Waals surface area contributed by atoms with Crippen LogP contribution in [-0.2, 0) is 4.79 Å². The molecule has 0 spiro atoms. The van der Waals surface area contributed by atoms with Gasteiger partial charge in [0.25, 0.3) is 0 Å². The summed E-state index contributed by atoms with van der Waals surface area (Å²) in [6, 6.07) is 0.933. The number of hydrogen-bond acceptors (Lipinski definition) is 6. The largest absolute Gasteiger partial charge is 0.352 e. The average Bonchev–Trinajstić information content (AvgIpc) is 3.45. The molecule has 4 fully saturated rings. The van der Waals surface area contributed by atoms with Crippen molar-refractivity contribution in [1.82, 2.24) is 26.4 Å². The fraction of sp³-hybridized carbons (Fsp3) is 0.952. The molecule has 2 aliphatic carbocycles. The van der Waals surface area contributed by atoms with E-state index in [2.05, 4.69) is 47.3 Å². The quantitative estimate of drug-likeness (QED) is 0.539. The Kier molecular flexibility index (Phi) is 6.88. The summed E-state index contributed by atoms with van der Waals surface area (Å²) in [5.74, 6) is 2.47. The van der Waals surface area contributed by atoms with E-state index in [4.69, 9.17) is 0 Å². The van der Waals surface area contributed by atoms with Crippen LogP contribution in [-0.4, -0.2) is 53.4 Å². The van der Waals surface area contributed by atoms with Crippen LogP contribution >= 0.6 is 11.8 Å². The van der Waals surface area contributed by atoms with Crippen molar-refractivity contribution < 1.29 is 4.79 Å². The number of nitrogens with one attached hydrogen (secondary N) is 4. The van der Waals surface area contributed by atoms with Gasteiger partial charge in [-0.25, -0.2) is 10.9 Å². The van der Waals surface area contributed by atoms with Gasteiger partial charge in [0.05, 0.1) is 12.7 Å². The Bertz CT molecular complexity index is 545. The number of nitrogens with zero attached hydrogens (tertiary/aromatic N) is 1. The molecule has 0 aromatic heterocycles. The first kappa shape index (κ1) is 20.9. The second-order valence-electron chi connectivity index (χ2n) is 9.70. The van der Waals surface area contributed by atoms with Crippen LogP contribution in [0.5, 0.6) is 0 Å². The average molecular weight is 410 g/mol. The van der Waals surface area contributed by atoms with Crippen LogP contribution in [0, 0.1) is 17.8 Å². The van der Waals surface area contributed by atoms with E-state index < -0.39 is 0 Å². The number of piperidine rings is 1. The minimum absolute atomic E-state index is 0.0244. The number of thioether (sulfide) groups is 1. The van der Waals surface area contributed by atoms with Gasteiger partial charge in [-0.1, -0.05) is 20.3 Å². The van der Waals surface area contributed by atoms with Gasteiger partial charge in [0.1, 0.15) is 5.50 Å². The summed E-state index contributed by atoms with van der Waals surface area (Å²) in [4.78, 5) is 15.3. The van der Waals surface area contributed by atoms with E-state index in [1.165, 1.54) is 32.1 Å². The molecule has 2 saturated carbocycles. The van der Waals surface area contributed by atoms with E-state index in [1.54, 1.807) is 0 Å². The maximum Gasteiger partial charge on any atom is 0.237 e. The number of rotatable bonds is 6. The van der Waals surface area contributed by atoms with Crippen LogP contribution in [0.25, 0.3) is 0 Å². The molecule has 28 heavy (non-hydrogen) atoms. The van der Waals surface area contributed by atoms with Crippen molar-refractivity contribution in [2.24, 2.45) is 17.8 Å². The maximum absolute atomic E-state index is 13.0. The Balaban J connectivity index is 1.25. The van der Waals surface area contributed by atoms with Crippen LogP contribution < -0.4 is 21.5 Å². The zero-order valence-corrected chi connectivity index (χ0v) is 18.6. The van der Waals surface area contributed by atoms with Gasteiger partial charge in [-0.3, -0.25) is 9.69 Å². The van der Waals surface area contributed by atoms with Gasteiger partial charge in [-0.2, -0.15) is 0 Å². The lowest BCUT2D eigenvalue weighted by Crippen LogP contribution is -2.56. The zero-order chi connectivity index (χ0) is 19.7. The van der Waals surface area contributed by atoms with E-state index in [0.717, 1.165) is 31.8 Å². The zero-order valence-electron chi connectivity index (χ0n) is 17.7. The minimum atomic E-state index is 0.0244. The third kappa shape index (κ3) is 5.04. The fourth-order valence-corrected chi connectivity index (χ4v) is 6.65. The van der Waals surface area contributed by atoms with Crippen molar-refractivity contribution in [2.75, 3.05) is 13.7 Å². The SMILES string of the molecule is CC1CCC(C(=O)NC2CCCC([C@H](C)SC3NNCN3C)C2)NC1C1CC1. The normalized spacial score (nSPS) is 41.0. The number of carbonyl (C=O) groups excluding carboxylic acids is 1. The Labute approximate surface area is 174 Å². The van der Waals surface area contributed by atoms with Crippen LogP contribution in [0.1, 0.15) is 65.2 Å². The Morgan fingerprint density at radius 1 is 1.18 bits per heavy atom. The van der Waals surface area contributed by atoms with Gasteiger partial charge in [0, 0.05) is 17.3 Å². The molecule has 2 aliphatic heterocycles. The van der Waals surface area contributed by atoms with Crippen LogP contribution in [0.2, 0.25) is 0 Å². The Morgan fingerprint density at radius 2 is 2.00 bits per heavy atom. The number of amides is 1. The Morgan fingerprint density at radius 3 is 2.71 bits per heavy atom. The molecule has 0 radical (unpaired) electrons. The van der Waals surface area contributed by atoms with Crippen molar-refractivity contribution in [3.8, 4) is 0 Å². The predicted molar refractivity (Wildman–Crippen MR) is 115 cm³/mol. The summed E-state index contributed by atoms with van der Waals surface area (Å²) in [6.07, 6.45) is 9.64. The molecule has 4 aliphatic rings. The first-order valence-corrected chi connectivity index (χ1v) is 12.4. The number of hydrazine groups is 1. The monoisotopic (exact) mass is 409 g/mol. The summed E-state index contributed by atoms with van der Waals surface area (Å²) in [6.45, 7) is 5.60. The van der Waals surface area contributed by atoms with E-state index in [-0.39, 0.29) is 11.9 Å². The third-order valence-electron chi connectivity index (χ3n) is 7.39. The summed E-state index contributed by atoms with van der Waals surface area (Å²) in [7, 11) is 2.15. The highest BCUT2D eigenvalue weighted by Crippen LogP contribution is 2.39. The lowest BCUT2D eigenvalue weighted by molar-refractivity contribution is -0.125. The lowest BCUT2D eigenvalue weighted by Gasteiger charge is -2.38. The molecule has 4 rings (SSSR count). The van der Waals surface area contributed by atoms with Crippen molar-refractivity contribution in [3.63, 3.8) is 0 Å². The van der Waals surface area contributed by atoms with Crippen molar-refractivity contribution >= 4 is 17.7 Å². The van der Waals surface area contributed by atoms with Crippen molar-refractivity contribution in [1.29, 1.82) is 0 Å². The molecule has 0 aromatic carbocycles. The van der Waals surface area contributed by atoms with Crippen LogP contribution in [0.3, 0.4) is 0 Å². The molecule has 6 nitrogen and oxygen atoms in total. The molecule has 0 aromatic rings. The summed E-state index contributed by atoms with van der Waals surface area (Å²) < 4.78 is 0. The maximum atomic E-state index is 13.0. The topological polar surface area (TPSA) is 68.4 Å². The Hall–Kier alpha value is -0.340. The highest BCUT2D eigenvalue weighted by atomic mass is 32.2. The first-order valence-electron chi connectivity index (χ1n) is 11.4. The minimum Gasteiger partial charge on any atom is -0.352 e. The molecular formula is C21H39N5OS. The van der Waals surface area contributed by atoms with Crippen LogP contribution in [0.4, 0.5) is 0 Å². The molecule has 4 N–H and O–H groups in total. The van der Waals surface area contributed by atoms with E-state index in [1.807, 2.05) is 11.8 Å². The van der Waals surface area contributed by atoms with Gasteiger partial charge < -0.3 is 10.6 Å². The summed E-state index contributed by atoms with van der Waals surface area (Å²) in [5.41, 5.74) is 6.90. The lowest BCUT2D eigenvalue weighted by atomic mass is 9.83. The molecule has 7 atom stereocenters. The van der Waals surface area contributed by atoms with Gasteiger partial charge >= 0.3 is 0 Å². The van der Waals surface area contributed by atoms with Gasteiger partial charge in [0.2, 0.25) is 5.91 Å². The van der Waals surface area contributed by atoms with Gasteiger partial charge in [0.15, 0.2) is 0 Å². The summed E-state index contributed by atoms with van der Waals surface area (Å²) >= 11 is 2.01.